The molecule has 1 aliphatic rings. The molecule has 1 saturated heterocycles. The zero-order valence-corrected chi connectivity index (χ0v) is 20.9. The van der Waals surface area contributed by atoms with E-state index in [2.05, 4.69) is 0 Å². The Bertz CT molecular complexity index is 722. The summed E-state index contributed by atoms with van der Waals surface area (Å²) in [4.78, 5) is 10.5. The van der Waals surface area contributed by atoms with E-state index < -0.39 is 52.5 Å². The summed E-state index contributed by atoms with van der Waals surface area (Å²) in [6.07, 6.45) is -1.76. The fourth-order valence-electron chi connectivity index (χ4n) is 2.72. The molecule has 1 heterocycles. The highest BCUT2D eigenvalue weighted by Gasteiger charge is 2.57. The topological polar surface area (TPSA) is 167 Å². The first-order valence-corrected chi connectivity index (χ1v) is 13.8. The molecule has 1 aliphatic heterocycles. The third kappa shape index (κ3) is 6.44. The van der Waals surface area contributed by atoms with Gasteiger partial charge in [0.25, 0.3) is 7.37 Å². The fourth-order valence-corrected chi connectivity index (χ4v) is 8.01. The highest BCUT2D eigenvalue weighted by molar-refractivity contribution is 7.64. The maximum Gasteiger partial charge on any atom is 0.484 e. The summed E-state index contributed by atoms with van der Waals surface area (Å²) in [6.45, 7) is 6.13. The van der Waals surface area contributed by atoms with Crippen molar-refractivity contribution >= 4 is 23.0 Å². The molecule has 0 amide bonds. The summed E-state index contributed by atoms with van der Waals surface area (Å²) in [7, 11) is -12.0. The van der Waals surface area contributed by atoms with Gasteiger partial charge in [0, 0.05) is 20.6 Å². The summed E-state index contributed by atoms with van der Waals surface area (Å²) in [5.41, 5.74) is 0. The Morgan fingerprint density at radius 2 is 1.63 bits per heavy atom. The Balaban J connectivity index is 3.05. The van der Waals surface area contributed by atoms with Crippen molar-refractivity contribution in [2.24, 2.45) is 0 Å². The lowest BCUT2D eigenvalue weighted by Gasteiger charge is -2.40. The Hall–Kier alpha value is 0.330. The molecule has 0 radical (unpaired) electrons. The molecular formula is C15H33O12P3. The van der Waals surface area contributed by atoms with Gasteiger partial charge in [0.05, 0.1) is 18.8 Å². The second-order valence-electron chi connectivity index (χ2n) is 7.62. The van der Waals surface area contributed by atoms with Gasteiger partial charge in [-0.1, -0.05) is 6.92 Å². The van der Waals surface area contributed by atoms with Crippen molar-refractivity contribution in [2.45, 2.75) is 76.5 Å². The fraction of sp³-hybridized carbons (Fsp3) is 1.00. The van der Waals surface area contributed by atoms with Gasteiger partial charge in [-0.15, -0.1) is 0 Å². The summed E-state index contributed by atoms with van der Waals surface area (Å²) >= 11 is 0. The average Bonchev–Trinajstić information content (AvgIpc) is 2.96. The maximum absolute atomic E-state index is 13.0. The maximum atomic E-state index is 13.0. The van der Waals surface area contributed by atoms with Crippen LogP contribution in [0.1, 0.15) is 47.5 Å². The predicted octanol–water partition coefficient (Wildman–Crippen LogP) is 3.21. The molecule has 0 bridgehead atoms. The molecule has 3 N–H and O–H groups in total. The molecule has 15 heteroatoms. The molecule has 1 fully saturated rings. The van der Waals surface area contributed by atoms with Crippen molar-refractivity contribution in [2.75, 3.05) is 20.8 Å². The van der Waals surface area contributed by atoms with Gasteiger partial charge in [0.15, 0.2) is 5.34 Å². The van der Waals surface area contributed by atoms with Crippen LogP contribution >= 0.6 is 23.0 Å². The van der Waals surface area contributed by atoms with Crippen molar-refractivity contribution in [3.05, 3.63) is 0 Å². The van der Waals surface area contributed by atoms with Crippen molar-refractivity contribution in [3.8, 4) is 0 Å². The smallest absolute Gasteiger partial charge is 0.390 e. The van der Waals surface area contributed by atoms with Crippen LogP contribution in [0.25, 0.3) is 0 Å². The minimum absolute atomic E-state index is 0.181. The quantitative estimate of drug-likeness (QED) is 0.337. The number of aliphatic hydroxyl groups excluding tert-OH is 1. The van der Waals surface area contributed by atoms with E-state index >= 15 is 0 Å². The zero-order valence-electron chi connectivity index (χ0n) is 18.2. The highest BCUT2D eigenvalue weighted by Crippen LogP contribution is 2.73. The third-order valence-corrected chi connectivity index (χ3v) is 11.7. The largest absolute Gasteiger partial charge is 0.484 e. The Kier molecular flexibility index (Phi) is 9.53. The normalized spacial score (nSPS) is 30.8. The minimum atomic E-state index is -4.79. The molecule has 0 aromatic heterocycles. The van der Waals surface area contributed by atoms with Gasteiger partial charge in [-0.3, -0.25) is 22.7 Å². The summed E-state index contributed by atoms with van der Waals surface area (Å²) in [5, 5.41) is 15.8. The molecule has 6 unspecified atom stereocenters. The lowest BCUT2D eigenvalue weighted by molar-refractivity contribution is -0.0189. The summed E-state index contributed by atoms with van der Waals surface area (Å²) < 4.78 is 68.8. The number of aliphatic hydroxyl groups is 2. The Morgan fingerprint density at radius 1 is 1.10 bits per heavy atom. The standard InChI is InChI=1S/C15H33O12P3/c1-8-15(5,28(18,19)14(3,4)17)26-30(21,23-7)27-29(20,22-6)24-10-13-12(16)9-11(2)25-13/h11-13,16-17H,8-10H2,1-7H3,(H,18,19)/t11-,12?,13?,15?,29?,30?/m0/s1. The molecule has 180 valence electrons. The minimum Gasteiger partial charge on any atom is -0.390 e. The molecule has 30 heavy (non-hydrogen) atoms. The second-order valence-corrected chi connectivity index (χ2v) is 14.4. The van der Waals surface area contributed by atoms with Crippen LogP contribution in [0, 0.1) is 0 Å². The Morgan fingerprint density at radius 3 is 2.00 bits per heavy atom. The molecule has 0 aromatic rings. The van der Waals surface area contributed by atoms with E-state index in [1.54, 1.807) is 6.92 Å². The van der Waals surface area contributed by atoms with Crippen molar-refractivity contribution in [1.29, 1.82) is 0 Å². The van der Waals surface area contributed by atoms with E-state index in [4.69, 9.17) is 27.1 Å². The number of hydrogen-bond acceptors (Lipinski definition) is 11. The van der Waals surface area contributed by atoms with Crippen LogP contribution in [0.5, 0.6) is 0 Å². The van der Waals surface area contributed by atoms with E-state index in [1.165, 1.54) is 6.92 Å². The lowest BCUT2D eigenvalue weighted by Crippen LogP contribution is -2.36. The molecule has 12 nitrogen and oxygen atoms in total. The number of hydrogen-bond donors (Lipinski definition) is 3. The molecular weight excluding hydrogens is 465 g/mol. The third-order valence-electron chi connectivity index (χ3n) is 4.80. The summed E-state index contributed by atoms with van der Waals surface area (Å²) in [6, 6.07) is 0. The molecule has 0 saturated carbocycles. The number of ether oxygens (including phenoxy) is 1. The highest BCUT2D eigenvalue weighted by atomic mass is 31.3. The van der Waals surface area contributed by atoms with Gasteiger partial charge in [0.1, 0.15) is 11.4 Å². The Labute approximate surface area is 176 Å². The van der Waals surface area contributed by atoms with E-state index in [0.717, 1.165) is 35.0 Å². The molecule has 7 atom stereocenters. The van der Waals surface area contributed by atoms with Crippen LogP contribution in [0.15, 0.2) is 0 Å². The van der Waals surface area contributed by atoms with E-state index in [9.17, 15) is 28.8 Å². The van der Waals surface area contributed by atoms with Crippen LogP contribution < -0.4 is 0 Å². The lowest BCUT2D eigenvalue weighted by atomic mass is 10.1. The van der Waals surface area contributed by atoms with Crippen LogP contribution in [-0.2, 0) is 40.8 Å². The first kappa shape index (κ1) is 28.4. The predicted molar refractivity (Wildman–Crippen MR) is 107 cm³/mol. The van der Waals surface area contributed by atoms with Crippen LogP contribution in [0.2, 0.25) is 0 Å². The number of phosphoric acid groups is 2. The van der Waals surface area contributed by atoms with Gasteiger partial charge in [0.2, 0.25) is 0 Å². The van der Waals surface area contributed by atoms with Crippen molar-refractivity contribution < 1.29 is 55.9 Å². The van der Waals surface area contributed by atoms with Crippen molar-refractivity contribution in [3.63, 3.8) is 0 Å². The van der Waals surface area contributed by atoms with Gasteiger partial charge in [-0.25, -0.2) is 9.13 Å². The average molecular weight is 498 g/mol. The number of phosphoric ester groups is 2. The molecule has 0 aliphatic carbocycles. The van der Waals surface area contributed by atoms with E-state index in [0.29, 0.717) is 6.42 Å². The van der Waals surface area contributed by atoms with Gasteiger partial charge >= 0.3 is 15.6 Å². The van der Waals surface area contributed by atoms with Crippen LogP contribution in [0.3, 0.4) is 0 Å². The van der Waals surface area contributed by atoms with Gasteiger partial charge in [-0.05, 0) is 34.1 Å². The SMILES string of the molecule is CCC(C)(OP(=O)(OC)OP(=O)(OC)OCC1O[C@@H](C)CC1O)P(=O)(O)C(C)(C)O. The van der Waals surface area contributed by atoms with Gasteiger partial charge < -0.3 is 19.8 Å². The van der Waals surface area contributed by atoms with Crippen LogP contribution in [0.4, 0.5) is 0 Å². The zero-order chi connectivity index (χ0) is 23.6. The first-order valence-electron chi connectivity index (χ1n) is 9.25. The van der Waals surface area contributed by atoms with Crippen molar-refractivity contribution in [1.82, 2.24) is 0 Å². The molecule has 0 aromatic carbocycles. The first-order chi connectivity index (χ1) is 13.5. The number of rotatable bonds is 12. The monoisotopic (exact) mass is 498 g/mol. The summed E-state index contributed by atoms with van der Waals surface area (Å²) in [5.74, 6) is 0. The second kappa shape index (κ2) is 10.1. The van der Waals surface area contributed by atoms with Crippen LogP contribution in [-0.4, -0.2) is 64.9 Å². The van der Waals surface area contributed by atoms with E-state index in [1.807, 2.05) is 0 Å². The molecule has 1 rings (SSSR count). The van der Waals surface area contributed by atoms with Gasteiger partial charge in [-0.2, -0.15) is 4.31 Å². The van der Waals surface area contributed by atoms with E-state index in [-0.39, 0.29) is 12.5 Å². The molecule has 0 spiro atoms.